The molecule has 0 unspecified atom stereocenters. The molecule has 0 radical (unpaired) electrons. The van der Waals surface area contributed by atoms with E-state index in [1.54, 1.807) is 23.4 Å². The van der Waals surface area contributed by atoms with Crippen LogP contribution < -0.4 is 10.3 Å². The first-order chi connectivity index (χ1) is 17.1. The van der Waals surface area contributed by atoms with E-state index in [9.17, 15) is 4.79 Å². The molecule has 0 saturated heterocycles. The Kier molecular flexibility index (Phi) is 5.26. The van der Waals surface area contributed by atoms with Crippen LogP contribution in [0.4, 0.5) is 0 Å². The lowest BCUT2D eigenvalue weighted by atomic mass is 10.2. The van der Waals surface area contributed by atoms with Crippen molar-refractivity contribution < 1.29 is 4.74 Å². The number of hydrogen-bond acceptors (Lipinski definition) is 6. The number of ether oxygens (including phenoxy) is 1. The number of pyridine rings is 1. The van der Waals surface area contributed by atoms with Crippen molar-refractivity contribution in [2.24, 2.45) is 0 Å². The van der Waals surface area contributed by atoms with Crippen molar-refractivity contribution in [2.75, 3.05) is 7.11 Å². The zero-order valence-electron chi connectivity index (χ0n) is 19.3. The number of nitrogens with zero attached hydrogens (tertiary/aromatic N) is 6. The summed E-state index contributed by atoms with van der Waals surface area (Å²) in [6, 6.07) is 19.3. The molecule has 4 aromatic heterocycles. The lowest BCUT2D eigenvalue weighted by Crippen LogP contribution is -2.24. The summed E-state index contributed by atoms with van der Waals surface area (Å²) in [6.07, 6.45) is 4.04. The molecule has 2 aromatic carbocycles. The minimum absolute atomic E-state index is 0.112. The van der Waals surface area contributed by atoms with Gasteiger partial charge in [0, 0.05) is 23.7 Å². The lowest BCUT2D eigenvalue weighted by Gasteiger charge is -2.13. The van der Waals surface area contributed by atoms with E-state index in [1.807, 2.05) is 75.8 Å². The molecule has 8 nitrogen and oxygen atoms in total. The molecule has 0 atom stereocenters. The third-order valence-electron chi connectivity index (χ3n) is 6.08. The van der Waals surface area contributed by atoms with E-state index in [0.717, 1.165) is 33.7 Å². The average molecular weight is 483 g/mol. The van der Waals surface area contributed by atoms with Gasteiger partial charge in [0.15, 0.2) is 5.16 Å². The molecular weight excluding hydrogens is 460 g/mol. The number of imidazole rings is 1. The lowest BCUT2D eigenvalue weighted by molar-refractivity contribution is 0.408. The molecule has 0 aliphatic carbocycles. The van der Waals surface area contributed by atoms with Crippen LogP contribution in [-0.4, -0.2) is 35.7 Å². The van der Waals surface area contributed by atoms with Crippen molar-refractivity contribution in [3.8, 4) is 5.75 Å². The number of thioether (sulfide) groups is 1. The van der Waals surface area contributed by atoms with Gasteiger partial charge in [0.25, 0.3) is 5.56 Å². The zero-order valence-corrected chi connectivity index (χ0v) is 20.1. The van der Waals surface area contributed by atoms with Gasteiger partial charge in [-0.05, 0) is 36.8 Å². The summed E-state index contributed by atoms with van der Waals surface area (Å²) in [4.78, 5) is 18.3. The fourth-order valence-corrected chi connectivity index (χ4v) is 5.21. The minimum atomic E-state index is -0.112. The van der Waals surface area contributed by atoms with E-state index in [4.69, 9.17) is 9.72 Å². The van der Waals surface area contributed by atoms with E-state index in [-0.39, 0.29) is 5.56 Å². The highest BCUT2D eigenvalue weighted by atomic mass is 32.2. The smallest absolute Gasteiger partial charge is 0.263 e. The summed E-state index contributed by atoms with van der Waals surface area (Å²) in [7, 11) is 1.63. The maximum Gasteiger partial charge on any atom is 0.263 e. The third kappa shape index (κ3) is 3.64. The Morgan fingerprint density at radius 1 is 1.00 bits per heavy atom. The van der Waals surface area contributed by atoms with Crippen molar-refractivity contribution in [3.05, 3.63) is 100 Å². The monoisotopic (exact) mass is 482 g/mol. The van der Waals surface area contributed by atoms with Gasteiger partial charge >= 0.3 is 0 Å². The van der Waals surface area contributed by atoms with Crippen molar-refractivity contribution >= 4 is 34.1 Å². The number of methoxy groups -OCH3 is 1. The highest BCUT2D eigenvalue weighted by molar-refractivity contribution is 7.98. The van der Waals surface area contributed by atoms with Crippen LogP contribution in [0.2, 0.25) is 0 Å². The van der Waals surface area contributed by atoms with E-state index in [2.05, 4.69) is 23.2 Å². The van der Waals surface area contributed by atoms with Crippen LogP contribution >= 0.6 is 11.8 Å². The van der Waals surface area contributed by atoms with Gasteiger partial charge in [0.05, 0.1) is 30.3 Å². The predicted molar refractivity (Wildman–Crippen MR) is 136 cm³/mol. The van der Waals surface area contributed by atoms with Crippen LogP contribution in [0.25, 0.3) is 22.3 Å². The Balaban J connectivity index is 1.45. The molecule has 0 fully saturated rings. The van der Waals surface area contributed by atoms with Gasteiger partial charge in [0.1, 0.15) is 11.4 Å². The fourth-order valence-electron chi connectivity index (χ4n) is 4.39. The molecule has 35 heavy (non-hydrogen) atoms. The van der Waals surface area contributed by atoms with Gasteiger partial charge in [-0.25, -0.2) is 4.98 Å². The summed E-state index contributed by atoms with van der Waals surface area (Å²) in [5.74, 6) is 1.84. The van der Waals surface area contributed by atoms with Gasteiger partial charge in [-0.1, -0.05) is 48.2 Å². The van der Waals surface area contributed by atoms with Gasteiger partial charge in [-0.15, -0.1) is 10.2 Å². The largest absolute Gasteiger partial charge is 0.496 e. The minimum Gasteiger partial charge on any atom is -0.496 e. The first-order valence-electron chi connectivity index (χ1n) is 11.2. The van der Waals surface area contributed by atoms with E-state index < -0.39 is 0 Å². The summed E-state index contributed by atoms with van der Waals surface area (Å²) in [6.45, 7) is 2.38. The van der Waals surface area contributed by atoms with Gasteiger partial charge in [0.2, 0.25) is 5.78 Å². The zero-order chi connectivity index (χ0) is 23.9. The number of fused-ring (bicyclic) bond motifs is 4. The van der Waals surface area contributed by atoms with Gasteiger partial charge in [-0.3, -0.25) is 13.8 Å². The van der Waals surface area contributed by atoms with Crippen molar-refractivity contribution in [1.82, 2.24) is 28.5 Å². The van der Waals surface area contributed by atoms with Crippen LogP contribution in [-0.2, 0) is 12.3 Å². The first kappa shape index (κ1) is 21.4. The second-order valence-corrected chi connectivity index (χ2v) is 9.22. The molecule has 0 aliphatic rings. The van der Waals surface area contributed by atoms with Crippen molar-refractivity contribution in [3.63, 3.8) is 0 Å². The molecule has 174 valence electrons. The van der Waals surface area contributed by atoms with Crippen molar-refractivity contribution in [1.29, 1.82) is 0 Å². The molecular formula is C26H22N6O2S. The second kappa shape index (κ2) is 8.59. The number of hydrogen-bond donors (Lipinski definition) is 0. The fraction of sp³-hybridized carbons (Fsp3) is 0.154. The van der Waals surface area contributed by atoms with Crippen LogP contribution in [0.15, 0.2) is 83.0 Å². The number of rotatable bonds is 6. The predicted octanol–water partition coefficient (Wildman–Crippen LogP) is 4.35. The summed E-state index contributed by atoms with van der Waals surface area (Å²) in [5, 5.41) is 10.2. The second-order valence-electron chi connectivity index (χ2n) is 8.28. The molecule has 0 bridgehead atoms. The number of aromatic nitrogens is 6. The normalized spacial score (nSPS) is 11.6. The summed E-state index contributed by atoms with van der Waals surface area (Å²) in [5.41, 5.74) is 4.59. The number of para-hydroxylation sites is 2. The van der Waals surface area contributed by atoms with Crippen LogP contribution in [0.5, 0.6) is 5.75 Å². The summed E-state index contributed by atoms with van der Waals surface area (Å²) < 4.78 is 11.2. The van der Waals surface area contributed by atoms with E-state index >= 15 is 0 Å². The van der Waals surface area contributed by atoms with E-state index in [0.29, 0.717) is 28.6 Å². The topological polar surface area (TPSA) is 78.7 Å². The van der Waals surface area contributed by atoms with Gasteiger partial charge < -0.3 is 9.14 Å². The average Bonchev–Trinajstić information content (AvgIpc) is 3.50. The molecule has 0 saturated carbocycles. The molecule has 0 N–H and O–H groups in total. The Bertz CT molecular complexity index is 1770. The molecule has 0 amide bonds. The first-order valence-corrected chi connectivity index (χ1v) is 12.2. The Hall–Kier alpha value is -4.11. The van der Waals surface area contributed by atoms with Gasteiger partial charge in [-0.2, -0.15) is 0 Å². The maximum absolute atomic E-state index is 13.5. The number of benzene rings is 2. The number of aryl methyl sites for hydroxylation is 1. The molecule has 0 spiro atoms. The maximum atomic E-state index is 13.5. The molecule has 6 rings (SSSR count). The van der Waals surface area contributed by atoms with Crippen LogP contribution in [0, 0.1) is 6.92 Å². The van der Waals surface area contributed by atoms with Crippen LogP contribution in [0.1, 0.15) is 16.8 Å². The Morgan fingerprint density at radius 2 is 1.83 bits per heavy atom. The molecule has 0 aliphatic heterocycles. The van der Waals surface area contributed by atoms with Crippen molar-refractivity contribution in [2.45, 2.75) is 24.4 Å². The standard InChI is InChI=1S/C26H22N6O2S/c1-17-8-7-13-30-15-19(27-23(17)30)16-35-26-29-28-25-31(14-18-9-3-6-12-22(18)34-2)24(33)20-10-4-5-11-21(20)32(25)26/h3-13,15H,14,16H2,1-2H3. The highest BCUT2D eigenvalue weighted by Gasteiger charge is 2.18. The molecule has 9 heteroatoms. The highest BCUT2D eigenvalue weighted by Crippen LogP contribution is 2.26. The quantitative estimate of drug-likeness (QED) is 0.329. The Labute approximate surface area is 204 Å². The summed E-state index contributed by atoms with van der Waals surface area (Å²) >= 11 is 1.55. The SMILES string of the molecule is COc1ccccc1Cn1c(=O)c2ccccc2n2c(SCc3cn4cccc(C)c4n3)nnc12. The molecule has 6 aromatic rings. The Morgan fingerprint density at radius 3 is 2.69 bits per heavy atom. The van der Waals surface area contributed by atoms with E-state index in [1.165, 1.54) is 0 Å². The van der Waals surface area contributed by atoms with Crippen LogP contribution in [0.3, 0.4) is 0 Å². The third-order valence-corrected chi connectivity index (χ3v) is 7.04. The molecule has 4 heterocycles.